The van der Waals surface area contributed by atoms with E-state index in [1.54, 1.807) is 12.1 Å². The van der Waals surface area contributed by atoms with Crippen molar-refractivity contribution in [3.05, 3.63) is 63.9 Å². The van der Waals surface area contributed by atoms with Crippen molar-refractivity contribution in [1.29, 1.82) is 0 Å². The lowest BCUT2D eigenvalue weighted by Crippen LogP contribution is -2.10. The van der Waals surface area contributed by atoms with E-state index in [0.717, 1.165) is 18.5 Å². The monoisotopic (exact) mass is 311 g/mol. The molecule has 0 bridgehead atoms. The van der Waals surface area contributed by atoms with E-state index in [0.29, 0.717) is 0 Å². The second-order valence-electron chi connectivity index (χ2n) is 4.65. The fraction of sp³-hybridized carbons (Fsp3) is 0.250. The molecule has 106 valence electrons. The lowest BCUT2D eigenvalue weighted by atomic mass is 10.0. The summed E-state index contributed by atoms with van der Waals surface area (Å²) in [5.74, 6) is -0.578. The van der Waals surface area contributed by atoms with Crippen LogP contribution in [-0.4, -0.2) is 0 Å². The summed E-state index contributed by atoms with van der Waals surface area (Å²) in [4.78, 5) is 0. The molecule has 1 N–H and O–H groups in total. The summed E-state index contributed by atoms with van der Waals surface area (Å²) in [5, 5.41) is 3.43. The van der Waals surface area contributed by atoms with Crippen LogP contribution in [-0.2, 0) is 0 Å². The molecule has 0 fully saturated rings. The number of rotatable bonds is 5. The van der Waals surface area contributed by atoms with Gasteiger partial charge in [-0.2, -0.15) is 0 Å². The first-order valence-electron chi connectivity index (χ1n) is 6.58. The average molecular weight is 312 g/mol. The molecule has 0 aliphatic heterocycles. The molecule has 0 amide bonds. The Kier molecular flexibility index (Phi) is 5.27. The number of anilines is 1. The summed E-state index contributed by atoms with van der Waals surface area (Å²) in [6.45, 7) is 2.13. The van der Waals surface area contributed by atoms with Gasteiger partial charge >= 0.3 is 0 Å². The van der Waals surface area contributed by atoms with Gasteiger partial charge in [0, 0.05) is 5.69 Å². The Morgan fingerprint density at radius 3 is 2.25 bits per heavy atom. The Balaban J connectivity index is 2.25. The molecule has 0 aliphatic rings. The van der Waals surface area contributed by atoms with Crippen LogP contribution in [0.15, 0.2) is 42.5 Å². The number of nitrogens with one attached hydrogen (secondary N) is 1. The lowest BCUT2D eigenvalue weighted by Gasteiger charge is -2.20. The minimum absolute atomic E-state index is 0.0308. The minimum atomic E-state index is -0.578. The van der Waals surface area contributed by atoms with Crippen molar-refractivity contribution in [3.8, 4) is 0 Å². The first kappa shape index (κ1) is 15.1. The first-order valence-corrected chi connectivity index (χ1v) is 7.33. The highest BCUT2D eigenvalue weighted by Gasteiger charge is 2.13. The van der Waals surface area contributed by atoms with E-state index in [2.05, 4.69) is 24.4 Å². The van der Waals surface area contributed by atoms with Crippen LogP contribution in [0.5, 0.6) is 0 Å². The van der Waals surface area contributed by atoms with Crippen LogP contribution >= 0.6 is 23.2 Å². The van der Waals surface area contributed by atoms with Crippen LogP contribution in [0.25, 0.3) is 0 Å². The molecule has 2 rings (SSSR count). The van der Waals surface area contributed by atoms with Crippen LogP contribution in [0, 0.1) is 5.82 Å². The third kappa shape index (κ3) is 3.65. The maximum atomic E-state index is 13.4. The summed E-state index contributed by atoms with van der Waals surface area (Å²) < 4.78 is 13.4. The van der Waals surface area contributed by atoms with Gasteiger partial charge in [-0.1, -0.05) is 66.9 Å². The second-order valence-corrected chi connectivity index (χ2v) is 5.46. The first-order chi connectivity index (χ1) is 9.61. The highest BCUT2D eigenvalue weighted by molar-refractivity contribution is 6.35. The largest absolute Gasteiger partial charge is 0.378 e. The van der Waals surface area contributed by atoms with Crippen LogP contribution < -0.4 is 5.32 Å². The molecule has 1 nitrogen and oxygen atoms in total. The Labute approximate surface area is 128 Å². The van der Waals surface area contributed by atoms with Crippen LogP contribution in [0.2, 0.25) is 10.0 Å². The Hall–Kier alpha value is -1.25. The molecule has 0 saturated carbocycles. The van der Waals surface area contributed by atoms with Gasteiger partial charge in [0.05, 0.1) is 16.1 Å². The lowest BCUT2D eigenvalue weighted by molar-refractivity contribution is 0.628. The Morgan fingerprint density at radius 1 is 1.10 bits per heavy atom. The molecular weight excluding hydrogens is 296 g/mol. The van der Waals surface area contributed by atoms with E-state index < -0.39 is 5.82 Å². The summed E-state index contributed by atoms with van der Waals surface area (Å²) in [7, 11) is 0. The van der Waals surface area contributed by atoms with Gasteiger partial charge in [0.25, 0.3) is 0 Å². The fourth-order valence-corrected chi connectivity index (χ4v) is 2.62. The van der Waals surface area contributed by atoms with Crippen molar-refractivity contribution in [3.63, 3.8) is 0 Å². The molecule has 0 spiro atoms. The number of hydrogen-bond donors (Lipinski definition) is 1. The van der Waals surface area contributed by atoms with Gasteiger partial charge in [0.1, 0.15) is 0 Å². The van der Waals surface area contributed by atoms with Gasteiger partial charge in [-0.3, -0.25) is 0 Å². The topological polar surface area (TPSA) is 12.0 Å². The minimum Gasteiger partial charge on any atom is -0.378 e. The van der Waals surface area contributed by atoms with Crippen LogP contribution in [0.4, 0.5) is 10.1 Å². The van der Waals surface area contributed by atoms with E-state index >= 15 is 0 Å². The van der Waals surface area contributed by atoms with Crippen LogP contribution in [0.3, 0.4) is 0 Å². The smallest absolute Gasteiger partial charge is 0.160 e. The predicted octanol–water partition coefficient (Wildman–Crippen LogP) is 6.09. The van der Waals surface area contributed by atoms with Gasteiger partial charge in [0.15, 0.2) is 5.82 Å². The standard InChI is InChI=1S/C16H16Cl2FN/c1-2-6-15(11-7-4-3-5-8-11)20-12-9-13(17)16(19)14(18)10-12/h3-5,7-10,15,20H,2,6H2,1H3. The highest BCUT2D eigenvalue weighted by Crippen LogP contribution is 2.30. The SMILES string of the molecule is CCCC(Nc1cc(Cl)c(F)c(Cl)c1)c1ccccc1. The van der Waals surface area contributed by atoms with Gasteiger partial charge in [-0.25, -0.2) is 4.39 Å². The number of benzene rings is 2. The molecule has 1 atom stereocenters. The van der Waals surface area contributed by atoms with E-state index in [-0.39, 0.29) is 16.1 Å². The zero-order valence-corrected chi connectivity index (χ0v) is 12.7. The summed E-state index contributed by atoms with van der Waals surface area (Å²) in [6.07, 6.45) is 2.01. The van der Waals surface area contributed by atoms with E-state index in [9.17, 15) is 4.39 Å². The van der Waals surface area contributed by atoms with E-state index in [1.807, 2.05) is 18.2 Å². The summed E-state index contributed by atoms with van der Waals surface area (Å²) in [6, 6.07) is 13.4. The molecule has 1 unspecified atom stereocenters. The Morgan fingerprint density at radius 2 is 1.70 bits per heavy atom. The Bertz CT molecular complexity index is 549. The van der Waals surface area contributed by atoms with Gasteiger partial charge in [-0.05, 0) is 24.1 Å². The van der Waals surface area contributed by atoms with Crippen molar-refractivity contribution < 1.29 is 4.39 Å². The highest BCUT2D eigenvalue weighted by atomic mass is 35.5. The molecule has 2 aromatic rings. The molecule has 0 radical (unpaired) electrons. The van der Waals surface area contributed by atoms with Gasteiger partial charge in [-0.15, -0.1) is 0 Å². The summed E-state index contributed by atoms with van der Waals surface area (Å²) in [5.41, 5.74) is 1.91. The molecule has 20 heavy (non-hydrogen) atoms. The molecular formula is C16H16Cl2FN. The van der Waals surface area contributed by atoms with Gasteiger partial charge in [0.2, 0.25) is 0 Å². The second kappa shape index (κ2) is 6.96. The maximum Gasteiger partial charge on any atom is 0.160 e. The van der Waals surface area contributed by atoms with Gasteiger partial charge < -0.3 is 5.32 Å². The molecule has 0 saturated heterocycles. The zero-order chi connectivity index (χ0) is 14.5. The van der Waals surface area contributed by atoms with Crippen molar-refractivity contribution in [2.75, 3.05) is 5.32 Å². The van der Waals surface area contributed by atoms with Crippen molar-refractivity contribution >= 4 is 28.9 Å². The normalized spacial score (nSPS) is 12.2. The van der Waals surface area contributed by atoms with E-state index in [4.69, 9.17) is 23.2 Å². The summed E-state index contributed by atoms with van der Waals surface area (Å²) >= 11 is 11.7. The maximum absolute atomic E-state index is 13.4. The van der Waals surface area contributed by atoms with Crippen molar-refractivity contribution in [2.24, 2.45) is 0 Å². The van der Waals surface area contributed by atoms with Crippen molar-refractivity contribution in [1.82, 2.24) is 0 Å². The molecule has 0 aromatic heterocycles. The third-order valence-electron chi connectivity index (χ3n) is 3.10. The van der Waals surface area contributed by atoms with E-state index in [1.165, 1.54) is 5.56 Å². The molecule has 0 heterocycles. The number of hydrogen-bond acceptors (Lipinski definition) is 1. The fourth-order valence-electron chi connectivity index (χ4n) is 2.14. The quantitative estimate of drug-likeness (QED) is 0.659. The molecule has 4 heteroatoms. The molecule has 2 aromatic carbocycles. The third-order valence-corrected chi connectivity index (χ3v) is 3.65. The average Bonchev–Trinajstić information content (AvgIpc) is 2.45. The zero-order valence-electron chi connectivity index (χ0n) is 11.2. The predicted molar refractivity (Wildman–Crippen MR) is 84.1 cm³/mol. The number of halogens is 3. The molecule has 0 aliphatic carbocycles. The van der Waals surface area contributed by atoms with Crippen molar-refractivity contribution in [2.45, 2.75) is 25.8 Å². The van der Waals surface area contributed by atoms with Crippen LogP contribution in [0.1, 0.15) is 31.4 Å².